The molecule has 2 aromatic heterocycles. The van der Waals surface area contributed by atoms with Gasteiger partial charge in [0.1, 0.15) is 11.4 Å². The molecule has 0 saturated carbocycles. The Bertz CT molecular complexity index is 1400. The number of aromatic amines is 1. The van der Waals surface area contributed by atoms with E-state index in [2.05, 4.69) is 14.7 Å². The molecule has 0 unspecified atom stereocenters. The molecule has 0 bridgehead atoms. The molecule has 3 rings (SSSR count). The van der Waals surface area contributed by atoms with E-state index in [0.29, 0.717) is 22.7 Å². The van der Waals surface area contributed by atoms with Crippen LogP contribution in [0.3, 0.4) is 0 Å². The summed E-state index contributed by atoms with van der Waals surface area (Å²) in [5.41, 5.74) is 5.21. The minimum absolute atomic E-state index is 0.110. The average Bonchev–Trinajstić information content (AvgIpc) is 3.17. The van der Waals surface area contributed by atoms with E-state index in [1.54, 1.807) is 6.07 Å². The molecule has 0 amide bonds. The fourth-order valence-corrected chi connectivity index (χ4v) is 4.85. The molecule has 3 aromatic rings. The number of nitrogens with zero attached hydrogens (tertiary/aromatic N) is 3. The van der Waals surface area contributed by atoms with Gasteiger partial charge in [0.15, 0.2) is 10.9 Å². The summed E-state index contributed by atoms with van der Waals surface area (Å²) in [6.45, 7) is 2.33. The van der Waals surface area contributed by atoms with Crippen molar-refractivity contribution in [1.29, 1.82) is 0 Å². The van der Waals surface area contributed by atoms with Crippen LogP contribution in [0, 0.1) is 0 Å². The van der Waals surface area contributed by atoms with E-state index in [4.69, 9.17) is 5.73 Å². The van der Waals surface area contributed by atoms with Crippen LogP contribution in [0.25, 0.3) is 11.0 Å². The summed E-state index contributed by atoms with van der Waals surface area (Å²) in [5, 5.41) is 0.377. The van der Waals surface area contributed by atoms with Crippen molar-refractivity contribution in [2.24, 2.45) is 14.1 Å². The Morgan fingerprint density at radius 1 is 1.25 bits per heavy atom. The van der Waals surface area contributed by atoms with Gasteiger partial charge in [-0.3, -0.25) is 18.7 Å². The maximum absolute atomic E-state index is 12.6. The van der Waals surface area contributed by atoms with Crippen molar-refractivity contribution in [2.45, 2.75) is 29.8 Å². The smallest absolute Gasteiger partial charge is 0.332 e. The lowest BCUT2D eigenvalue weighted by atomic mass is 10.2. The number of hydrogen-bond acceptors (Lipinski definition) is 8. The van der Waals surface area contributed by atoms with Gasteiger partial charge in [-0.2, -0.15) is 0 Å². The van der Waals surface area contributed by atoms with E-state index in [-0.39, 0.29) is 22.0 Å². The fraction of sp³-hybridized carbons (Fsp3) is 0.368. The molecule has 0 radical (unpaired) electrons. The number of ketones is 1. The topological polar surface area (TPSA) is 162 Å². The van der Waals surface area contributed by atoms with Crippen molar-refractivity contribution in [3.8, 4) is 0 Å². The largest absolute Gasteiger partial charge is 0.384 e. The number of sulfonamides is 1. The lowest BCUT2D eigenvalue weighted by Crippen LogP contribution is -2.41. The van der Waals surface area contributed by atoms with Gasteiger partial charge in [-0.15, -0.1) is 0 Å². The van der Waals surface area contributed by atoms with E-state index in [0.717, 1.165) is 33.7 Å². The van der Waals surface area contributed by atoms with Gasteiger partial charge >= 0.3 is 5.69 Å². The van der Waals surface area contributed by atoms with Gasteiger partial charge in [-0.25, -0.2) is 22.9 Å². The van der Waals surface area contributed by atoms with Crippen LogP contribution in [-0.4, -0.2) is 45.6 Å². The Morgan fingerprint density at radius 3 is 2.66 bits per heavy atom. The summed E-state index contributed by atoms with van der Waals surface area (Å²) in [6.07, 6.45) is 1.61. The number of fused-ring (bicyclic) bond motifs is 1. The van der Waals surface area contributed by atoms with Gasteiger partial charge in [0, 0.05) is 20.6 Å². The minimum atomic E-state index is -3.64. The zero-order valence-electron chi connectivity index (χ0n) is 17.8. The molecule has 32 heavy (non-hydrogen) atoms. The maximum atomic E-state index is 12.6. The molecular formula is C19H24N6O5S2. The van der Waals surface area contributed by atoms with Gasteiger partial charge in [0.25, 0.3) is 5.56 Å². The minimum Gasteiger partial charge on any atom is -0.384 e. The van der Waals surface area contributed by atoms with Gasteiger partial charge < -0.3 is 10.7 Å². The summed E-state index contributed by atoms with van der Waals surface area (Å²) >= 11 is 1.04. The van der Waals surface area contributed by atoms with E-state index in [1.807, 2.05) is 6.92 Å². The number of nitrogens with one attached hydrogen (secondary N) is 2. The first kappa shape index (κ1) is 23.8. The average molecular weight is 481 g/mol. The Labute approximate surface area is 188 Å². The van der Waals surface area contributed by atoms with Crippen molar-refractivity contribution < 1.29 is 13.2 Å². The Morgan fingerprint density at radius 2 is 1.97 bits per heavy atom. The third kappa shape index (κ3) is 4.64. The Hall–Kier alpha value is -2.90. The van der Waals surface area contributed by atoms with E-state index < -0.39 is 27.1 Å². The van der Waals surface area contributed by atoms with Crippen LogP contribution in [0.15, 0.2) is 37.8 Å². The first-order valence-corrected chi connectivity index (χ1v) is 12.2. The molecule has 0 saturated heterocycles. The molecule has 172 valence electrons. The highest BCUT2D eigenvalue weighted by Crippen LogP contribution is 2.23. The monoisotopic (exact) mass is 480 g/mol. The number of aromatic nitrogens is 4. The molecule has 0 aliphatic carbocycles. The second-order valence-corrected chi connectivity index (χ2v) is 9.88. The number of rotatable bonds is 9. The number of unbranched alkanes of at least 4 members (excludes halogenated alkanes) is 1. The summed E-state index contributed by atoms with van der Waals surface area (Å²) in [4.78, 5) is 44.3. The molecule has 0 aliphatic rings. The lowest BCUT2D eigenvalue weighted by molar-refractivity contribution is 0.102. The fourth-order valence-electron chi connectivity index (χ4n) is 3.00. The predicted octanol–water partition coefficient (Wildman–Crippen LogP) is 0.596. The first-order chi connectivity index (χ1) is 15.1. The molecule has 11 nitrogen and oxygen atoms in total. The van der Waals surface area contributed by atoms with Crippen molar-refractivity contribution in [3.05, 3.63) is 44.6 Å². The highest BCUT2D eigenvalue weighted by molar-refractivity contribution is 7.99. The summed E-state index contributed by atoms with van der Waals surface area (Å²) in [6, 6.07) is 4.52. The number of nitrogens with two attached hydrogens (primary N) is 1. The molecule has 0 atom stereocenters. The third-order valence-corrected chi connectivity index (χ3v) is 7.23. The van der Waals surface area contributed by atoms with Gasteiger partial charge in [0.2, 0.25) is 10.0 Å². The number of imidazole rings is 1. The quantitative estimate of drug-likeness (QED) is 0.228. The first-order valence-electron chi connectivity index (χ1n) is 9.77. The second kappa shape index (κ2) is 9.30. The summed E-state index contributed by atoms with van der Waals surface area (Å²) in [5.74, 6) is -0.896. The van der Waals surface area contributed by atoms with Gasteiger partial charge in [-0.05, 0) is 24.6 Å². The molecule has 1 aromatic carbocycles. The number of benzene rings is 1. The summed E-state index contributed by atoms with van der Waals surface area (Å²) in [7, 11) is -0.983. The Balaban J connectivity index is 1.80. The summed E-state index contributed by atoms with van der Waals surface area (Å²) < 4.78 is 29.2. The molecule has 0 fully saturated rings. The van der Waals surface area contributed by atoms with Crippen LogP contribution >= 0.6 is 11.8 Å². The maximum Gasteiger partial charge on any atom is 0.332 e. The molecule has 2 heterocycles. The van der Waals surface area contributed by atoms with Gasteiger partial charge in [0.05, 0.1) is 21.7 Å². The van der Waals surface area contributed by atoms with Crippen LogP contribution in [0.1, 0.15) is 30.1 Å². The van der Waals surface area contributed by atoms with E-state index in [1.165, 1.54) is 26.2 Å². The van der Waals surface area contributed by atoms with E-state index >= 15 is 0 Å². The number of nitrogen functional groups attached to an aromatic ring is 1. The van der Waals surface area contributed by atoms with Crippen LogP contribution in [0.4, 0.5) is 5.82 Å². The van der Waals surface area contributed by atoms with Crippen LogP contribution in [0.2, 0.25) is 0 Å². The number of carbonyl (C=O) groups excluding carboxylic acids is 1. The second-order valence-electron chi connectivity index (χ2n) is 7.15. The zero-order valence-corrected chi connectivity index (χ0v) is 19.5. The number of hydrogen-bond donors (Lipinski definition) is 3. The number of carbonyl (C=O) groups is 1. The molecule has 0 spiro atoms. The van der Waals surface area contributed by atoms with Gasteiger partial charge in [-0.1, -0.05) is 25.1 Å². The van der Waals surface area contributed by atoms with Crippen LogP contribution in [0.5, 0.6) is 0 Å². The molecule has 0 aliphatic heterocycles. The number of anilines is 1. The van der Waals surface area contributed by atoms with Crippen molar-refractivity contribution in [2.75, 3.05) is 18.0 Å². The number of thioether (sulfide) groups is 1. The lowest BCUT2D eigenvalue weighted by Gasteiger charge is -2.10. The normalized spacial score (nSPS) is 11.8. The van der Waals surface area contributed by atoms with Crippen molar-refractivity contribution in [1.82, 2.24) is 23.8 Å². The number of Topliss-reactive ketones (excluding diaryl/α,β-unsaturated/α-hetero) is 1. The van der Waals surface area contributed by atoms with Crippen LogP contribution < -0.4 is 21.7 Å². The highest BCUT2D eigenvalue weighted by Gasteiger charge is 2.21. The third-order valence-electron chi connectivity index (χ3n) is 4.89. The van der Waals surface area contributed by atoms with Crippen molar-refractivity contribution >= 4 is 44.4 Å². The molecular weight excluding hydrogens is 456 g/mol. The number of H-pyrrole nitrogens is 1. The van der Waals surface area contributed by atoms with E-state index in [9.17, 15) is 22.8 Å². The SMILES string of the molecule is CCCCNS(=O)(=O)c1ccc2nc(SCC(=O)c3c(N)n(C)c(=O)n(C)c3=O)[nH]c2c1. The van der Waals surface area contributed by atoms with Crippen LogP contribution in [-0.2, 0) is 24.1 Å². The standard InChI is InChI=1S/C19H24N6O5S2/c1-4-5-8-21-32(29,30)11-6-7-12-13(9-11)23-18(22-12)31-10-14(26)15-16(20)24(2)19(28)25(3)17(15)27/h6-7,9,21H,4-5,8,10,20H2,1-3H3,(H,22,23). The molecule has 13 heteroatoms. The van der Waals surface area contributed by atoms with Crippen molar-refractivity contribution in [3.63, 3.8) is 0 Å². The highest BCUT2D eigenvalue weighted by atomic mass is 32.2. The molecule has 4 N–H and O–H groups in total. The predicted molar refractivity (Wildman–Crippen MR) is 123 cm³/mol. The zero-order chi connectivity index (χ0) is 23.6. The Kier molecular flexibility index (Phi) is 6.91.